The van der Waals surface area contributed by atoms with Crippen molar-refractivity contribution in [2.24, 2.45) is 0 Å². The van der Waals surface area contributed by atoms with Gasteiger partial charge in [0.1, 0.15) is 5.82 Å². The molecular formula is C17H16ClFN2O2. The third kappa shape index (κ3) is 3.63. The van der Waals surface area contributed by atoms with Crippen LogP contribution < -0.4 is 10.2 Å². The van der Waals surface area contributed by atoms with E-state index >= 15 is 0 Å². The average molecular weight is 335 g/mol. The van der Waals surface area contributed by atoms with Gasteiger partial charge in [-0.25, -0.2) is 4.39 Å². The molecule has 23 heavy (non-hydrogen) atoms. The fourth-order valence-electron chi connectivity index (χ4n) is 2.52. The highest BCUT2D eigenvalue weighted by Gasteiger charge is 2.19. The summed E-state index contributed by atoms with van der Waals surface area (Å²) in [4.78, 5) is 14.4. The van der Waals surface area contributed by atoms with Gasteiger partial charge in [0, 0.05) is 18.7 Å². The second kappa shape index (κ2) is 6.98. The van der Waals surface area contributed by atoms with Crippen molar-refractivity contribution in [1.29, 1.82) is 0 Å². The SMILES string of the molecule is O=C(Nc1cccc(Cl)c1N1CCOCC1)c1ccc(F)cc1. The van der Waals surface area contributed by atoms with Gasteiger partial charge in [0.05, 0.1) is 29.6 Å². The minimum absolute atomic E-state index is 0.304. The van der Waals surface area contributed by atoms with Crippen molar-refractivity contribution in [3.05, 3.63) is 58.9 Å². The number of ether oxygens (including phenoxy) is 1. The largest absolute Gasteiger partial charge is 0.378 e. The topological polar surface area (TPSA) is 41.6 Å². The quantitative estimate of drug-likeness (QED) is 0.933. The molecule has 0 aromatic heterocycles. The van der Waals surface area contributed by atoms with E-state index < -0.39 is 0 Å². The summed E-state index contributed by atoms with van der Waals surface area (Å²) in [5.74, 6) is -0.680. The standard InChI is InChI=1S/C17H16ClFN2O2/c18-14-2-1-3-15(16(14)21-8-10-23-11-9-21)20-17(22)12-4-6-13(19)7-5-12/h1-7H,8-11H2,(H,20,22). The predicted molar refractivity (Wildman–Crippen MR) is 88.8 cm³/mol. The van der Waals surface area contributed by atoms with E-state index in [0.717, 1.165) is 5.69 Å². The van der Waals surface area contributed by atoms with Crippen LogP contribution in [0.1, 0.15) is 10.4 Å². The number of anilines is 2. The van der Waals surface area contributed by atoms with E-state index in [1.54, 1.807) is 18.2 Å². The number of hydrogen-bond acceptors (Lipinski definition) is 3. The van der Waals surface area contributed by atoms with Gasteiger partial charge >= 0.3 is 0 Å². The number of rotatable bonds is 3. The average Bonchev–Trinajstić information content (AvgIpc) is 2.56. The number of amides is 1. The minimum atomic E-state index is -0.377. The van der Waals surface area contributed by atoms with E-state index in [1.165, 1.54) is 24.3 Å². The third-order valence-corrected chi connectivity index (χ3v) is 3.97. The van der Waals surface area contributed by atoms with Crippen LogP contribution >= 0.6 is 11.6 Å². The highest BCUT2D eigenvalue weighted by Crippen LogP contribution is 2.34. The summed E-state index contributed by atoms with van der Waals surface area (Å²) in [7, 11) is 0. The van der Waals surface area contributed by atoms with Crippen LogP contribution in [0.2, 0.25) is 5.02 Å². The summed E-state index contributed by atoms with van der Waals surface area (Å²) in [5, 5.41) is 3.43. The van der Waals surface area contributed by atoms with Crippen molar-refractivity contribution < 1.29 is 13.9 Å². The van der Waals surface area contributed by atoms with Gasteiger partial charge in [-0.1, -0.05) is 17.7 Å². The second-order valence-corrected chi connectivity index (χ2v) is 5.60. The van der Waals surface area contributed by atoms with Crippen molar-refractivity contribution >= 4 is 28.9 Å². The number of morpholine rings is 1. The fraction of sp³-hybridized carbons (Fsp3) is 0.235. The molecule has 4 nitrogen and oxygen atoms in total. The maximum atomic E-state index is 13.0. The van der Waals surface area contributed by atoms with Crippen molar-refractivity contribution in [2.45, 2.75) is 0 Å². The number of nitrogens with zero attached hydrogens (tertiary/aromatic N) is 1. The van der Waals surface area contributed by atoms with Crippen LogP contribution in [0.3, 0.4) is 0 Å². The normalized spacial score (nSPS) is 14.6. The van der Waals surface area contributed by atoms with Crippen LogP contribution in [0.5, 0.6) is 0 Å². The first-order chi connectivity index (χ1) is 11.1. The summed E-state index contributed by atoms with van der Waals surface area (Å²) in [6.07, 6.45) is 0. The Kier molecular flexibility index (Phi) is 4.79. The van der Waals surface area contributed by atoms with Gasteiger partial charge < -0.3 is 15.0 Å². The second-order valence-electron chi connectivity index (χ2n) is 5.20. The smallest absolute Gasteiger partial charge is 0.255 e. The van der Waals surface area contributed by atoms with Gasteiger partial charge in [0.25, 0.3) is 5.91 Å². The molecule has 0 atom stereocenters. The number of carbonyl (C=O) groups is 1. The van der Waals surface area contributed by atoms with Gasteiger partial charge in [0.15, 0.2) is 0 Å². The maximum absolute atomic E-state index is 13.0. The Bertz CT molecular complexity index is 700. The van der Waals surface area contributed by atoms with Gasteiger partial charge in [-0.3, -0.25) is 4.79 Å². The van der Waals surface area contributed by atoms with Crippen LogP contribution in [-0.2, 0) is 4.74 Å². The molecule has 120 valence electrons. The molecule has 0 unspecified atom stereocenters. The lowest BCUT2D eigenvalue weighted by Gasteiger charge is -2.31. The van der Waals surface area contributed by atoms with E-state index in [1.807, 2.05) is 0 Å². The number of halogens is 2. The molecule has 3 rings (SSSR count). The van der Waals surface area contributed by atoms with Crippen LogP contribution in [0.15, 0.2) is 42.5 Å². The zero-order valence-corrected chi connectivity index (χ0v) is 13.1. The first kappa shape index (κ1) is 15.8. The third-order valence-electron chi connectivity index (χ3n) is 3.67. The lowest BCUT2D eigenvalue weighted by atomic mass is 10.2. The van der Waals surface area contributed by atoms with Crippen molar-refractivity contribution in [2.75, 3.05) is 36.5 Å². The molecule has 0 aliphatic carbocycles. The monoisotopic (exact) mass is 334 g/mol. The number of hydrogen-bond donors (Lipinski definition) is 1. The Morgan fingerprint density at radius 1 is 1.13 bits per heavy atom. The summed E-state index contributed by atoms with van der Waals surface area (Å²) < 4.78 is 18.3. The van der Waals surface area contributed by atoms with Gasteiger partial charge in [-0.2, -0.15) is 0 Å². The predicted octanol–water partition coefficient (Wildman–Crippen LogP) is 3.57. The molecule has 6 heteroatoms. The summed E-state index contributed by atoms with van der Waals surface area (Å²) in [6, 6.07) is 10.8. The minimum Gasteiger partial charge on any atom is -0.378 e. The lowest BCUT2D eigenvalue weighted by Crippen LogP contribution is -2.37. The van der Waals surface area contributed by atoms with Gasteiger partial charge in [0.2, 0.25) is 0 Å². The fourth-order valence-corrected chi connectivity index (χ4v) is 2.81. The molecule has 2 aromatic carbocycles. The van der Waals surface area contributed by atoms with Crippen molar-refractivity contribution in [1.82, 2.24) is 0 Å². The summed E-state index contributed by atoms with van der Waals surface area (Å²) >= 11 is 6.33. The molecule has 0 spiro atoms. The van der Waals surface area contributed by atoms with E-state index in [-0.39, 0.29) is 11.7 Å². The van der Waals surface area contributed by atoms with Crippen LogP contribution in [0.25, 0.3) is 0 Å². The van der Waals surface area contributed by atoms with Gasteiger partial charge in [-0.05, 0) is 36.4 Å². The molecule has 1 fully saturated rings. The Balaban J connectivity index is 1.86. The summed E-state index contributed by atoms with van der Waals surface area (Å²) in [6.45, 7) is 2.67. The first-order valence-electron chi connectivity index (χ1n) is 7.33. The molecule has 1 heterocycles. The zero-order chi connectivity index (χ0) is 16.2. The summed E-state index contributed by atoms with van der Waals surface area (Å²) in [5.41, 5.74) is 1.81. The Labute approximate surface area is 138 Å². The van der Waals surface area contributed by atoms with E-state index in [0.29, 0.717) is 42.6 Å². The van der Waals surface area contributed by atoms with Crippen molar-refractivity contribution in [3.63, 3.8) is 0 Å². The number of benzene rings is 2. The molecule has 1 aliphatic heterocycles. The molecule has 0 saturated carbocycles. The van der Waals surface area contributed by atoms with Crippen LogP contribution in [-0.4, -0.2) is 32.2 Å². The highest BCUT2D eigenvalue weighted by molar-refractivity contribution is 6.34. The van der Waals surface area contributed by atoms with Crippen LogP contribution in [0.4, 0.5) is 15.8 Å². The molecule has 1 amide bonds. The number of carbonyl (C=O) groups excluding carboxylic acids is 1. The molecular weight excluding hydrogens is 319 g/mol. The Morgan fingerprint density at radius 3 is 2.52 bits per heavy atom. The number of nitrogens with one attached hydrogen (secondary N) is 1. The molecule has 1 aliphatic rings. The lowest BCUT2D eigenvalue weighted by molar-refractivity contribution is 0.102. The highest BCUT2D eigenvalue weighted by atomic mass is 35.5. The van der Waals surface area contributed by atoms with E-state index in [4.69, 9.17) is 16.3 Å². The van der Waals surface area contributed by atoms with E-state index in [9.17, 15) is 9.18 Å². The zero-order valence-electron chi connectivity index (χ0n) is 12.4. The Morgan fingerprint density at radius 2 is 1.83 bits per heavy atom. The maximum Gasteiger partial charge on any atom is 0.255 e. The molecule has 0 bridgehead atoms. The Hall–Kier alpha value is -2.11. The van der Waals surface area contributed by atoms with Crippen molar-refractivity contribution in [3.8, 4) is 0 Å². The molecule has 2 aromatic rings. The molecule has 1 N–H and O–H groups in total. The molecule has 1 saturated heterocycles. The molecule has 0 radical (unpaired) electrons. The number of para-hydroxylation sites is 1. The van der Waals surface area contributed by atoms with E-state index in [2.05, 4.69) is 10.2 Å². The van der Waals surface area contributed by atoms with Crippen LogP contribution in [0, 0.1) is 5.82 Å². The first-order valence-corrected chi connectivity index (χ1v) is 7.71. The van der Waals surface area contributed by atoms with Gasteiger partial charge in [-0.15, -0.1) is 0 Å².